The second-order valence-corrected chi connectivity index (χ2v) is 1.70. The van der Waals surface area contributed by atoms with Gasteiger partial charge in [-0.05, 0) is 0 Å². The van der Waals surface area contributed by atoms with E-state index in [1.54, 1.807) is 0 Å². The van der Waals surface area contributed by atoms with Crippen molar-refractivity contribution in [2.75, 3.05) is 0 Å². The Balaban J connectivity index is -0.0000000300. The van der Waals surface area contributed by atoms with Crippen LogP contribution in [0.15, 0.2) is 0 Å². The van der Waals surface area contributed by atoms with Gasteiger partial charge in [0.2, 0.25) is 0 Å². The van der Waals surface area contributed by atoms with E-state index in [1.807, 2.05) is 0 Å². The quantitative estimate of drug-likeness (QED) is 0.291. The summed E-state index contributed by atoms with van der Waals surface area (Å²) in [6.07, 6.45) is 0. The molecule has 0 aliphatic heterocycles. The molecule has 0 saturated carbocycles. The zero-order chi connectivity index (χ0) is 7.15. The fourth-order valence-corrected chi connectivity index (χ4v) is 0. The zero-order valence-corrected chi connectivity index (χ0v) is 7.84. The van der Waals surface area contributed by atoms with Crippen molar-refractivity contribution in [3.63, 3.8) is 0 Å². The van der Waals surface area contributed by atoms with Crippen LogP contribution in [0.4, 0.5) is 0 Å². The van der Waals surface area contributed by atoms with Crippen LogP contribution in [0.5, 0.6) is 0 Å². The molecule has 0 saturated heterocycles. The normalized spacial score (nSPS) is 4.80. The largest absolute Gasteiger partial charge is 0.761 e. The summed E-state index contributed by atoms with van der Waals surface area (Å²) in [5, 5.41) is 0. The lowest BCUT2D eigenvalue weighted by molar-refractivity contribution is 0.328. The minimum atomic E-state index is -3.13. The van der Waals surface area contributed by atoms with Gasteiger partial charge in [0.05, 0.1) is 0 Å². The van der Waals surface area contributed by atoms with Crippen molar-refractivity contribution in [3.8, 4) is 0 Å². The van der Waals surface area contributed by atoms with E-state index in [-0.39, 0.29) is 22.8 Å². The molecule has 0 bridgehead atoms. The number of hydrogen-bond donors (Lipinski definition) is 4. The first kappa shape index (κ1) is 22.6. The molecular weight excluding hydrogens is 195 g/mol. The lowest BCUT2D eigenvalue weighted by Crippen LogP contribution is -1.90. The number of hydrogen-bond acceptors (Lipinski definition) is 2. The van der Waals surface area contributed by atoms with Crippen molar-refractivity contribution < 1.29 is 33.6 Å². The smallest absolute Gasteiger partial charge is 0.511 e. The van der Waals surface area contributed by atoms with Crippen molar-refractivity contribution in [1.82, 2.24) is 0 Å². The fourth-order valence-electron chi connectivity index (χ4n) is 0. The molecule has 0 fully saturated rings. The molecule has 0 aromatic carbocycles. The average molecular weight is 201 g/mol. The van der Waals surface area contributed by atoms with E-state index in [0.29, 0.717) is 0 Å². The van der Waals surface area contributed by atoms with Crippen LogP contribution < -0.4 is 0 Å². The maximum absolute atomic E-state index is 8.74. The summed E-state index contributed by atoms with van der Waals surface area (Å²) in [4.78, 5) is 28.6. The van der Waals surface area contributed by atoms with E-state index >= 15 is 0 Å². The Morgan fingerprint density at radius 3 is 0.800 bits per heavy atom. The van der Waals surface area contributed by atoms with Crippen LogP contribution in [0.2, 0.25) is 0 Å². The van der Waals surface area contributed by atoms with Crippen LogP contribution in [-0.4, -0.2) is 60.4 Å². The Morgan fingerprint density at radius 2 is 0.800 bits per heavy atom. The highest BCUT2D eigenvalue weighted by Gasteiger charge is 1.85. The molecule has 0 rings (SSSR count). The van der Waals surface area contributed by atoms with E-state index in [1.165, 1.54) is 0 Å². The Hall–Kier alpha value is -0.274. The van der Waals surface area contributed by atoms with E-state index in [0.717, 1.165) is 0 Å². The molecule has 0 aromatic rings. The summed E-state index contributed by atoms with van der Waals surface area (Å²) in [6, 6.07) is 0. The lowest BCUT2D eigenvalue weighted by atomic mass is 15.8. The fraction of sp³-hybridized carbons (Fsp3) is 0. The number of rotatable bonds is 0. The predicted octanol–water partition coefficient (Wildman–Crippen LogP) is -4.43. The van der Waals surface area contributed by atoms with Crippen molar-refractivity contribution in [2.45, 2.75) is 0 Å². The van der Waals surface area contributed by atoms with Crippen LogP contribution in [0.1, 0.15) is 0 Å². The topological polar surface area (TPSA) is 147 Å². The van der Waals surface area contributed by atoms with E-state index in [2.05, 4.69) is 0 Å². The molecule has 0 atom stereocenters. The van der Waals surface area contributed by atoms with Crippen molar-refractivity contribution >= 4 is 35.7 Å². The Labute approximate surface area is 69.8 Å². The highest BCUT2D eigenvalue weighted by molar-refractivity contribution is 6.22. The van der Waals surface area contributed by atoms with Gasteiger partial charge in [-0.2, -0.15) is 0 Å². The Morgan fingerprint density at radius 1 is 0.800 bits per heavy atom. The second-order valence-electron chi connectivity index (χ2n) is 0.565. The summed E-state index contributed by atoms with van der Waals surface area (Å²) in [5.74, 6) is 0. The average Bonchev–Trinajstić information content (AvgIpc) is 1.25. The third-order valence-electron chi connectivity index (χ3n) is 0. The zero-order valence-electron chi connectivity index (χ0n) is 4.68. The molecule has 3 radical (unpaired) electrons. The van der Waals surface area contributed by atoms with Crippen LogP contribution in [0, 0.1) is 0 Å². The molecule has 6 N–H and O–H groups in total. The standard InChI is InChI=1S/Al.2H2O3Si.H2O/c;2*1-4(2)3;/h;2*1-2H;1H2. The van der Waals surface area contributed by atoms with Gasteiger partial charge < -0.3 is 24.7 Å². The molecule has 10 heteroatoms. The molecule has 0 aromatic heterocycles. The molecule has 0 heterocycles. The third kappa shape index (κ3) is 4660. The predicted molar refractivity (Wildman–Crippen MR) is 31.1 cm³/mol. The molecule has 10 heavy (non-hydrogen) atoms. The summed E-state index contributed by atoms with van der Waals surface area (Å²) in [7, 11) is -6.26. The van der Waals surface area contributed by atoms with Gasteiger partial charge in [-0.25, -0.2) is 0 Å². The van der Waals surface area contributed by atoms with Gasteiger partial charge in [0.15, 0.2) is 0 Å². The van der Waals surface area contributed by atoms with Crippen LogP contribution in [0.25, 0.3) is 0 Å². The maximum atomic E-state index is 8.74. The lowest BCUT2D eigenvalue weighted by Gasteiger charge is -1.55. The Kier molecular flexibility index (Phi) is 35.9. The first-order valence-corrected chi connectivity index (χ1v) is 3.91. The molecule has 0 amide bonds. The van der Waals surface area contributed by atoms with Gasteiger partial charge in [0.1, 0.15) is 0 Å². The third-order valence-corrected chi connectivity index (χ3v) is 0. The summed E-state index contributed by atoms with van der Waals surface area (Å²) >= 11 is 0. The van der Waals surface area contributed by atoms with Gasteiger partial charge in [-0.1, -0.05) is 0 Å². The van der Waals surface area contributed by atoms with Gasteiger partial charge in [0.25, 0.3) is 0 Å². The molecule has 59 valence electrons. The molecule has 7 nitrogen and oxygen atoms in total. The minimum absolute atomic E-state index is 0. The van der Waals surface area contributed by atoms with Gasteiger partial charge >= 0.3 is 18.3 Å². The molecule has 0 aliphatic carbocycles. The van der Waals surface area contributed by atoms with E-state index in [9.17, 15) is 0 Å². The molecule has 0 unspecified atom stereocenters. The summed E-state index contributed by atoms with van der Waals surface area (Å²) in [6.45, 7) is 0. The maximum Gasteiger partial charge on any atom is 0.761 e. The monoisotopic (exact) mass is 201 g/mol. The molecule has 0 aliphatic rings. The SMILES string of the molecule is O.O=[Si](O)O.O=[Si](O)O.[Al]. The molecular formula is H6AlO7Si2. The summed E-state index contributed by atoms with van der Waals surface area (Å²) < 4.78 is 17.5. The van der Waals surface area contributed by atoms with Gasteiger partial charge in [-0.15, -0.1) is 0 Å². The first-order chi connectivity index (χ1) is 3.46. The highest BCUT2D eigenvalue weighted by Crippen LogP contribution is 1.27. The highest BCUT2D eigenvalue weighted by atomic mass is 28.3. The van der Waals surface area contributed by atoms with Crippen LogP contribution in [0.3, 0.4) is 0 Å². The summed E-state index contributed by atoms with van der Waals surface area (Å²) in [5.41, 5.74) is 0. The van der Waals surface area contributed by atoms with Crippen molar-refractivity contribution in [2.24, 2.45) is 0 Å². The second kappa shape index (κ2) is 15.9. The minimum Gasteiger partial charge on any atom is -0.511 e. The van der Waals surface area contributed by atoms with Crippen LogP contribution in [-0.2, 0) is 8.92 Å². The van der Waals surface area contributed by atoms with Crippen molar-refractivity contribution in [1.29, 1.82) is 0 Å². The van der Waals surface area contributed by atoms with E-state index < -0.39 is 18.3 Å². The molecule has 0 spiro atoms. The van der Waals surface area contributed by atoms with Gasteiger partial charge in [-0.3, -0.25) is 8.92 Å². The van der Waals surface area contributed by atoms with E-state index in [4.69, 9.17) is 28.1 Å². The van der Waals surface area contributed by atoms with Crippen molar-refractivity contribution in [3.05, 3.63) is 0 Å². The van der Waals surface area contributed by atoms with Crippen LogP contribution >= 0.6 is 0 Å². The first-order valence-electron chi connectivity index (χ1n) is 1.30. The Bertz CT molecular complexity index is 69.6. The van der Waals surface area contributed by atoms with Gasteiger partial charge in [0, 0.05) is 17.4 Å².